The molecule has 0 amide bonds. The van der Waals surface area contributed by atoms with Crippen LogP contribution in [0.5, 0.6) is 5.88 Å². The Morgan fingerprint density at radius 2 is 2.17 bits per heavy atom. The largest absolute Gasteiger partial charge is 0.468 e. The number of aromatic nitrogens is 2. The molecular weight excluding hydrogens is 310 g/mol. The number of ether oxygens (including phenoxy) is 1. The predicted molar refractivity (Wildman–Crippen MR) is 89.0 cm³/mol. The topological polar surface area (TPSA) is 93.4 Å². The standard InChI is InChI=1S/C16H19N5O3/c1-17-15-14(21(22)23)16(19-11-18-15)24-13-7-8-20(10-13)9-12-5-3-2-4-6-12/h2-6,11,13H,7-10H2,1H3,(H,17,18,19). The molecule has 0 spiro atoms. The van der Waals surface area contributed by atoms with Crippen molar-refractivity contribution in [2.75, 3.05) is 25.5 Å². The first-order valence-electron chi connectivity index (χ1n) is 7.77. The third-order valence-corrected chi connectivity index (χ3v) is 3.96. The van der Waals surface area contributed by atoms with Crippen molar-refractivity contribution >= 4 is 11.5 Å². The SMILES string of the molecule is CNc1ncnc(OC2CCN(Cc3ccccc3)C2)c1[N+](=O)[O-]. The summed E-state index contributed by atoms with van der Waals surface area (Å²) in [5.74, 6) is 0.176. The van der Waals surface area contributed by atoms with Crippen LogP contribution in [0.2, 0.25) is 0 Å². The summed E-state index contributed by atoms with van der Waals surface area (Å²) in [7, 11) is 1.58. The van der Waals surface area contributed by atoms with E-state index in [1.807, 2.05) is 18.2 Å². The second-order valence-electron chi connectivity index (χ2n) is 5.63. The van der Waals surface area contributed by atoms with Crippen molar-refractivity contribution in [2.45, 2.75) is 19.1 Å². The minimum atomic E-state index is -0.516. The molecule has 1 N–H and O–H groups in total. The van der Waals surface area contributed by atoms with Crippen LogP contribution in [0.3, 0.4) is 0 Å². The lowest BCUT2D eigenvalue weighted by Crippen LogP contribution is -2.25. The number of nitrogens with one attached hydrogen (secondary N) is 1. The fourth-order valence-corrected chi connectivity index (χ4v) is 2.83. The number of nitrogens with zero attached hydrogens (tertiary/aromatic N) is 4. The van der Waals surface area contributed by atoms with Gasteiger partial charge < -0.3 is 10.1 Å². The Kier molecular flexibility index (Phi) is 4.85. The molecule has 1 aliphatic heterocycles. The zero-order valence-electron chi connectivity index (χ0n) is 13.4. The summed E-state index contributed by atoms with van der Waals surface area (Å²) in [5, 5.41) is 14.0. The molecule has 1 aromatic carbocycles. The Hall–Kier alpha value is -2.74. The van der Waals surface area contributed by atoms with Gasteiger partial charge in [-0.25, -0.2) is 4.98 Å². The third-order valence-electron chi connectivity index (χ3n) is 3.96. The van der Waals surface area contributed by atoms with E-state index in [0.717, 1.165) is 19.5 Å². The van der Waals surface area contributed by atoms with Crippen LogP contribution in [-0.4, -0.2) is 46.0 Å². The summed E-state index contributed by atoms with van der Waals surface area (Å²) in [6, 6.07) is 10.2. The molecule has 126 valence electrons. The zero-order chi connectivity index (χ0) is 16.9. The average Bonchev–Trinajstić information content (AvgIpc) is 3.02. The number of likely N-dealkylation sites (tertiary alicyclic amines) is 1. The highest BCUT2D eigenvalue weighted by atomic mass is 16.6. The maximum atomic E-state index is 11.3. The summed E-state index contributed by atoms with van der Waals surface area (Å²) >= 11 is 0. The maximum absolute atomic E-state index is 11.3. The molecule has 3 rings (SSSR count). The number of benzene rings is 1. The second kappa shape index (κ2) is 7.22. The molecule has 8 heteroatoms. The van der Waals surface area contributed by atoms with Crippen molar-refractivity contribution in [2.24, 2.45) is 0 Å². The summed E-state index contributed by atoms with van der Waals surface area (Å²) in [5.41, 5.74) is 1.02. The molecule has 1 atom stereocenters. The molecule has 0 saturated carbocycles. The fraction of sp³-hybridized carbons (Fsp3) is 0.375. The van der Waals surface area contributed by atoms with E-state index in [1.165, 1.54) is 11.9 Å². The van der Waals surface area contributed by atoms with Crippen molar-refractivity contribution in [3.63, 3.8) is 0 Å². The van der Waals surface area contributed by atoms with Gasteiger partial charge in [0.25, 0.3) is 5.88 Å². The molecule has 0 radical (unpaired) electrons. The first-order chi connectivity index (χ1) is 11.7. The van der Waals surface area contributed by atoms with E-state index in [2.05, 4.69) is 32.3 Å². The van der Waals surface area contributed by atoms with Gasteiger partial charge in [0, 0.05) is 26.7 Å². The van der Waals surface area contributed by atoms with Crippen LogP contribution >= 0.6 is 0 Å². The summed E-state index contributed by atoms with van der Waals surface area (Å²) in [6.07, 6.45) is 1.96. The first-order valence-corrected chi connectivity index (χ1v) is 7.77. The fourth-order valence-electron chi connectivity index (χ4n) is 2.83. The quantitative estimate of drug-likeness (QED) is 0.640. The molecule has 1 fully saturated rings. The Labute approximate surface area is 139 Å². The zero-order valence-corrected chi connectivity index (χ0v) is 13.4. The van der Waals surface area contributed by atoms with Crippen molar-refractivity contribution in [1.29, 1.82) is 0 Å². The van der Waals surface area contributed by atoms with E-state index in [9.17, 15) is 10.1 Å². The molecule has 1 aliphatic rings. The number of nitro groups is 1. The number of rotatable bonds is 6. The van der Waals surface area contributed by atoms with E-state index in [1.54, 1.807) is 7.05 Å². The number of hydrogen-bond acceptors (Lipinski definition) is 7. The molecule has 1 unspecified atom stereocenters. The highest BCUT2D eigenvalue weighted by Crippen LogP contribution is 2.32. The van der Waals surface area contributed by atoms with Crippen LogP contribution in [0.4, 0.5) is 11.5 Å². The van der Waals surface area contributed by atoms with Crippen LogP contribution in [0.25, 0.3) is 0 Å². The molecule has 2 heterocycles. The summed E-state index contributed by atoms with van der Waals surface area (Å²) in [4.78, 5) is 20.8. The van der Waals surface area contributed by atoms with Crippen molar-refractivity contribution in [3.8, 4) is 5.88 Å². The summed E-state index contributed by atoms with van der Waals surface area (Å²) < 4.78 is 5.80. The van der Waals surface area contributed by atoms with Gasteiger partial charge in [0.05, 0.1) is 4.92 Å². The second-order valence-corrected chi connectivity index (χ2v) is 5.63. The van der Waals surface area contributed by atoms with Crippen LogP contribution in [-0.2, 0) is 6.54 Å². The molecule has 8 nitrogen and oxygen atoms in total. The first kappa shape index (κ1) is 16.1. The molecule has 2 aromatic rings. The van der Waals surface area contributed by atoms with Crippen LogP contribution in [0, 0.1) is 10.1 Å². The lowest BCUT2D eigenvalue weighted by atomic mass is 10.2. The van der Waals surface area contributed by atoms with Crippen molar-refractivity contribution < 1.29 is 9.66 Å². The van der Waals surface area contributed by atoms with E-state index in [-0.39, 0.29) is 23.5 Å². The van der Waals surface area contributed by atoms with Crippen molar-refractivity contribution in [3.05, 3.63) is 52.3 Å². The monoisotopic (exact) mass is 329 g/mol. The van der Waals surface area contributed by atoms with Gasteiger partial charge in [-0.15, -0.1) is 0 Å². The molecular formula is C16H19N5O3. The minimum absolute atomic E-state index is 0.0194. The van der Waals surface area contributed by atoms with E-state index >= 15 is 0 Å². The number of hydrogen-bond donors (Lipinski definition) is 1. The Bertz CT molecular complexity index is 710. The lowest BCUT2D eigenvalue weighted by Gasteiger charge is -2.16. The summed E-state index contributed by atoms with van der Waals surface area (Å²) in [6.45, 7) is 2.44. The highest BCUT2D eigenvalue weighted by Gasteiger charge is 2.29. The van der Waals surface area contributed by atoms with Crippen LogP contribution < -0.4 is 10.1 Å². The van der Waals surface area contributed by atoms with Gasteiger partial charge in [0.15, 0.2) is 0 Å². The van der Waals surface area contributed by atoms with E-state index in [4.69, 9.17) is 4.74 Å². The van der Waals surface area contributed by atoms with E-state index < -0.39 is 4.92 Å². The van der Waals surface area contributed by atoms with Gasteiger partial charge in [-0.05, 0) is 12.0 Å². The van der Waals surface area contributed by atoms with Gasteiger partial charge in [-0.2, -0.15) is 4.98 Å². The van der Waals surface area contributed by atoms with Gasteiger partial charge in [-0.1, -0.05) is 30.3 Å². The third kappa shape index (κ3) is 3.60. The lowest BCUT2D eigenvalue weighted by molar-refractivity contribution is -0.385. The molecule has 1 saturated heterocycles. The Balaban J connectivity index is 1.67. The van der Waals surface area contributed by atoms with Crippen molar-refractivity contribution in [1.82, 2.24) is 14.9 Å². The maximum Gasteiger partial charge on any atom is 0.372 e. The normalized spacial score (nSPS) is 17.6. The highest BCUT2D eigenvalue weighted by molar-refractivity contribution is 5.60. The van der Waals surface area contributed by atoms with Gasteiger partial charge in [-0.3, -0.25) is 15.0 Å². The molecule has 0 bridgehead atoms. The van der Waals surface area contributed by atoms with Gasteiger partial charge in [0.2, 0.25) is 5.82 Å². The molecule has 1 aromatic heterocycles. The smallest absolute Gasteiger partial charge is 0.372 e. The minimum Gasteiger partial charge on any atom is -0.468 e. The van der Waals surface area contributed by atoms with E-state index in [0.29, 0.717) is 6.54 Å². The Morgan fingerprint density at radius 3 is 2.88 bits per heavy atom. The molecule has 0 aliphatic carbocycles. The Morgan fingerprint density at radius 1 is 1.38 bits per heavy atom. The predicted octanol–water partition coefficient (Wildman–Crippen LogP) is 2.08. The van der Waals surface area contributed by atoms with Crippen LogP contribution in [0.15, 0.2) is 36.7 Å². The number of anilines is 1. The van der Waals surface area contributed by atoms with Gasteiger partial charge in [0.1, 0.15) is 12.4 Å². The molecule has 24 heavy (non-hydrogen) atoms. The van der Waals surface area contributed by atoms with Crippen LogP contribution in [0.1, 0.15) is 12.0 Å². The average molecular weight is 329 g/mol. The van der Waals surface area contributed by atoms with Gasteiger partial charge >= 0.3 is 5.69 Å².